The van der Waals surface area contributed by atoms with Crippen molar-refractivity contribution in [3.8, 4) is 11.5 Å². The summed E-state index contributed by atoms with van der Waals surface area (Å²) in [5.74, 6) is 0.706. The van der Waals surface area contributed by atoms with E-state index >= 15 is 0 Å². The smallest absolute Gasteiger partial charge is 0.456 e. The molecule has 3 N–H and O–H groups in total. The predicted molar refractivity (Wildman–Crippen MR) is 187 cm³/mol. The van der Waals surface area contributed by atoms with Crippen LogP contribution >= 0.6 is 0 Å². The van der Waals surface area contributed by atoms with E-state index in [9.17, 15) is 19.6 Å². The summed E-state index contributed by atoms with van der Waals surface area (Å²) in [6.07, 6.45) is 7.98. The van der Waals surface area contributed by atoms with E-state index in [1.165, 1.54) is 33.6 Å². The number of nitrogens with one attached hydrogen (secondary N) is 1. The number of carbonyl (C=O) groups is 2. The third-order valence-corrected chi connectivity index (χ3v) is 11.5. The van der Waals surface area contributed by atoms with E-state index in [2.05, 4.69) is 27.2 Å². The third-order valence-electron chi connectivity index (χ3n) is 11.5. The molecule has 4 aromatic rings. The van der Waals surface area contributed by atoms with E-state index in [0.717, 1.165) is 106 Å². The number of rotatable bonds is 3. The van der Waals surface area contributed by atoms with E-state index in [0.29, 0.717) is 5.56 Å². The average molecular weight is 654 g/mol. The van der Waals surface area contributed by atoms with Crippen molar-refractivity contribution in [1.82, 2.24) is 0 Å². The van der Waals surface area contributed by atoms with Crippen molar-refractivity contribution < 1.29 is 29.1 Å². The molecule has 0 saturated heterocycles. The molecule has 49 heavy (non-hydrogen) atoms. The minimum atomic E-state index is -1.74. The molecule has 6 aliphatic rings. The monoisotopic (exact) mass is 653 g/mol. The van der Waals surface area contributed by atoms with Crippen molar-refractivity contribution in [3.63, 3.8) is 0 Å². The highest BCUT2D eigenvalue weighted by Gasteiger charge is 2.56. The highest BCUT2D eigenvalue weighted by atomic mass is 16.6. The second-order valence-corrected chi connectivity index (χ2v) is 14.2. The van der Waals surface area contributed by atoms with Gasteiger partial charge in [-0.1, -0.05) is 24.3 Å². The summed E-state index contributed by atoms with van der Waals surface area (Å²) in [6, 6.07) is 16.2. The maximum Gasteiger partial charge on any atom is 0.490 e. The molecule has 0 unspecified atom stereocenters. The first-order valence-electron chi connectivity index (χ1n) is 17.6. The van der Waals surface area contributed by atoms with Crippen LogP contribution in [0.1, 0.15) is 85.3 Å². The van der Waals surface area contributed by atoms with Crippen LogP contribution < -0.4 is 25.3 Å². The highest BCUT2D eigenvalue weighted by Crippen LogP contribution is 2.62. The fourth-order valence-corrected chi connectivity index (χ4v) is 9.51. The first-order valence-corrected chi connectivity index (χ1v) is 17.6. The molecular weight excluding hydrogens is 617 g/mol. The van der Waals surface area contributed by atoms with Gasteiger partial charge in [-0.2, -0.15) is 0 Å². The number of nitrogens with zero attached hydrogens (tertiary/aromatic N) is 2. The number of ether oxygens (including phenoxy) is 2. The van der Waals surface area contributed by atoms with Crippen LogP contribution in [0.5, 0.6) is 11.5 Å². The zero-order valence-corrected chi connectivity index (χ0v) is 27.2. The van der Waals surface area contributed by atoms with Crippen molar-refractivity contribution in [2.24, 2.45) is 0 Å². The van der Waals surface area contributed by atoms with Gasteiger partial charge < -0.3 is 34.6 Å². The first kappa shape index (κ1) is 29.1. The summed E-state index contributed by atoms with van der Waals surface area (Å²) >= 11 is 0. The number of para-hydroxylation sites is 1. The average Bonchev–Trinajstić information content (AvgIpc) is 3.41. The lowest BCUT2D eigenvalue weighted by atomic mass is 9.72. The standard InChI is InChI=1S/C39H36BN3O6/c44-37(41-32-12-2-1-11-31(32)40(46)47)24-13-14-28-27(19-24)38(45)49-39(28)29-20-22-7-3-15-42-17-5-9-25(33(22)42)35(29)48-36-26-10-6-18-43-16-4-8-23(34(26)43)21-30(36)39/h1-2,11-14,19-21,46-47H,3-10,15-18H2,(H,41,44). The Hall–Kier alpha value is -4.80. The molecule has 10 rings (SSSR count). The number of benzene rings is 4. The van der Waals surface area contributed by atoms with Crippen LogP contribution in [0.3, 0.4) is 0 Å². The SMILES string of the molecule is O=C(Nc1ccccc1B(O)O)c1ccc2c(c1)C(=O)OC21c2cc3c4c(c2Oc2c1cc1c5c2CCCN5CCC1)CCCN4CCC3. The molecule has 0 bridgehead atoms. The molecule has 6 aliphatic heterocycles. The molecule has 6 heterocycles. The summed E-state index contributed by atoms with van der Waals surface area (Å²) in [5, 5.41) is 22.5. The topological polar surface area (TPSA) is 112 Å². The molecule has 1 spiro atoms. The quantitative estimate of drug-likeness (QED) is 0.218. The van der Waals surface area contributed by atoms with Crippen molar-refractivity contribution in [2.75, 3.05) is 41.3 Å². The molecule has 0 saturated carbocycles. The molecule has 0 aromatic heterocycles. The van der Waals surface area contributed by atoms with Gasteiger partial charge in [0.2, 0.25) is 0 Å². The van der Waals surface area contributed by atoms with Gasteiger partial charge >= 0.3 is 13.1 Å². The van der Waals surface area contributed by atoms with Gasteiger partial charge in [0, 0.05) is 82.1 Å². The van der Waals surface area contributed by atoms with Gasteiger partial charge in [-0.15, -0.1) is 0 Å². The zero-order valence-electron chi connectivity index (χ0n) is 27.2. The Bertz CT molecular complexity index is 2040. The maximum absolute atomic E-state index is 14.2. The Labute approximate surface area is 284 Å². The van der Waals surface area contributed by atoms with E-state index in [1.54, 1.807) is 36.4 Å². The number of fused-ring (bicyclic) bond motifs is 8. The largest absolute Gasteiger partial charge is 0.490 e. The van der Waals surface area contributed by atoms with Crippen LogP contribution in [-0.2, 0) is 36.0 Å². The van der Waals surface area contributed by atoms with Crippen LogP contribution in [0.2, 0.25) is 0 Å². The van der Waals surface area contributed by atoms with E-state index < -0.39 is 24.6 Å². The second-order valence-electron chi connectivity index (χ2n) is 14.2. The van der Waals surface area contributed by atoms with Crippen LogP contribution in [0.4, 0.5) is 17.1 Å². The molecule has 246 valence electrons. The molecule has 0 fully saturated rings. The van der Waals surface area contributed by atoms with Crippen LogP contribution in [0.15, 0.2) is 54.6 Å². The maximum atomic E-state index is 14.2. The fraction of sp³-hybridized carbons (Fsp3) is 0.333. The summed E-state index contributed by atoms with van der Waals surface area (Å²) in [6.45, 7) is 4.16. The van der Waals surface area contributed by atoms with Gasteiger partial charge in [-0.3, -0.25) is 4.79 Å². The van der Waals surface area contributed by atoms with Crippen LogP contribution in [0.25, 0.3) is 0 Å². The van der Waals surface area contributed by atoms with E-state index in [-0.39, 0.29) is 16.7 Å². The number of hydrogen-bond acceptors (Lipinski definition) is 8. The van der Waals surface area contributed by atoms with Gasteiger partial charge in [-0.05, 0) is 92.8 Å². The van der Waals surface area contributed by atoms with Crippen LogP contribution in [-0.4, -0.2) is 55.2 Å². The zero-order chi connectivity index (χ0) is 33.0. The Morgan fingerprint density at radius 2 is 1.35 bits per heavy atom. The Kier molecular flexibility index (Phi) is 6.31. The van der Waals surface area contributed by atoms with Gasteiger partial charge in [0.25, 0.3) is 5.91 Å². The Morgan fingerprint density at radius 3 is 1.96 bits per heavy atom. The van der Waals surface area contributed by atoms with Gasteiger partial charge in [0.05, 0.1) is 5.56 Å². The minimum Gasteiger partial charge on any atom is -0.456 e. The van der Waals surface area contributed by atoms with Gasteiger partial charge in [0.15, 0.2) is 5.60 Å². The molecule has 9 nitrogen and oxygen atoms in total. The van der Waals surface area contributed by atoms with Crippen molar-refractivity contribution in [2.45, 2.75) is 57.0 Å². The predicted octanol–water partition coefficient (Wildman–Crippen LogP) is 4.58. The summed E-state index contributed by atoms with van der Waals surface area (Å²) in [5.41, 5.74) is 9.94. The lowest BCUT2D eigenvalue weighted by molar-refractivity contribution is 0.0222. The molecule has 0 radical (unpaired) electrons. The lowest BCUT2D eigenvalue weighted by Crippen LogP contribution is -2.40. The number of amides is 1. The van der Waals surface area contributed by atoms with Crippen LogP contribution in [0, 0.1) is 0 Å². The fourth-order valence-electron chi connectivity index (χ4n) is 9.51. The summed E-state index contributed by atoms with van der Waals surface area (Å²) in [4.78, 5) is 32.8. The van der Waals surface area contributed by atoms with E-state index in [4.69, 9.17) is 9.47 Å². The molecule has 0 atom stereocenters. The van der Waals surface area contributed by atoms with E-state index in [1.807, 2.05) is 6.07 Å². The Morgan fingerprint density at radius 1 is 0.755 bits per heavy atom. The minimum absolute atomic E-state index is 0.183. The summed E-state index contributed by atoms with van der Waals surface area (Å²) in [7, 11) is -1.74. The van der Waals surface area contributed by atoms with Crippen molar-refractivity contribution in [1.29, 1.82) is 0 Å². The molecule has 10 heteroatoms. The summed E-state index contributed by atoms with van der Waals surface area (Å²) < 4.78 is 13.9. The van der Waals surface area contributed by atoms with Gasteiger partial charge in [0.1, 0.15) is 11.5 Å². The number of esters is 1. The highest BCUT2D eigenvalue weighted by molar-refractivity contribution is 6.60. The Balaban J connectivity index is 1.18. The van der Waals surface area contributed by atoms with Gasteiger partial charge in [-0.25, -0.2) is 4.79 Å². The molecule has 4 aromatic carbocycles. The number of hydrogen-bond donors (Lipinski definition) is 3. The number of carbonyl (C=O) groups excluding carboxylic acids is 2. The first-order chi connectivity index (χ1) is 23.9. The molecule has 1 amide bonds. The normalized spacial score (nSPS) is 18.8. The van der Waals surface area contributed by atoms with Crippen molar-refractivity contribution in [3.05, 3.63) is 105 Å². The van der Waals surface area contributed by atoms with Crippen molar-refractivity contribution >= 4 is 41.5 Å². The molecular formula is C39H36BN3O6. The lowest BCUT2D eigenvalue weighted by Gasteiger charge is -2.45. The molecule has 0 aliphatic carbocycles. The number of anilines is 3. The second kappa shape index (κ2) is 10.6. The number of aryl methyl sites for hydroxylation is 2. The third kappa shape index (κ3) is 4.07.